The van der Waals surface area contributed by atoms with Crippen LogP contribution in [0.5, 0.6) is 0 Å². The minimum atomic E-state index is 1.16. The molecule has 0 heteroatoms. The summed E-state index contributed by atoms with van der Waals surface area (Å²) in [6.45, 7) is 8.31. The highest BCUT2D eigenvalue weighted by atomic mass is 14.0. The van der Waals surface area contributed by atoms with E-state index < -0.39 is 0 Å². The summed E-state index contributed by atoms with van der Waals surface area (Å²) in [6.07, 6.45) is 16.2. The van der Waals surface area contributed by atoms with Gasteiger partial charge in [0, 0.05) is 0 Å². The Hall–Kier alpha value is -0.520. The number of hydrogen-bond donors (Lipinski definition) is 0. The van der Waals surface area contributed by atoms with Gasteiger partial charge in [0.05, 0.1) is 0 Å². The lowest BCUT2D eigenvalue weighted by Gasteiger charge is -2.06. The molecule has 0 atom stereocenters. The van der Waals surface area contributed by atoms with Crippen molar-refractivity contribution in [3.8, 4) is 0 Å². The molecule has 0 saturated heterocycles. The summed E-state index contributed by atoms with van der Waals surface area (Å²) in [5.41, 5.74) is 1.69. The van der Waals surface area contributed by atoms with Gasteiger partial charge in [-0.3, -0.25) is 0 Å². The third kappa shape index (κ3) is 9.78. The fourth-order valence-electron chi connectivity index (χ4n) is 1.72. The summed E-state index contributed by atoms with van der Waals surface area (Å²) in [4.78, 5) is 0. The van der Waals surface area contributed by atoms with Crippen LogP contribution in [0.2, 0.25) is 0 Å². The summed E-state index contributed by atoms with van der Waals surface area (Å²) < 4.78 is 0. The molecule has 0 amide bonds. The zero-order valence-corrected chi connectivity index (χ0v) is 10.7. The third-order valence-corrected chi connectivity index (χ3v) is 2.75. The Labute approximate surface area is 96.5 Å². The zero-order chi connectivity index (χ0) is 11.4. The van der Waals surface area contributed by atoms with Crippen molar-refractivity contribution in [2.24, 2.45) is 0 Å². The Balaban J connectivity index is 3.81. The molecular formula is C15H28. The van der Waals surface area contributed by atoms with Gasteiger partial charge < -0.3 is 0 Å². The monoisotopic (exact) mass is 208 g/mol. The first-order valence-electron chi connectivity index (χ1n) is 6.63. The van der Waals surface area contributed by atoms with Crippen LogP contribution in [0.1, 0.15) is 71.6 Å². The predicted molar refractivity (Wildman–Crippen MR) is 71.2 cm³/mol. The molecule has 0 heterocycles. The number of hydrogen-bond acceptors (Lipinski definition) is 0. The Morgan fingerprint density at radius 3 is 2.20 bits per heavy atom. The molecule has 0 radical (unpaired) electrons. The van der Waals surface area contributed by atoms with Crippen molar-refractivity contribution in [3.63, 3.8) is 0 Å². The van der Waals surface area contributed by atoms with E-state index in [0.717, 1.165) is 6.42 Å². The second kappa shape index (κ2) is 11.6. The Bertz CT molecular complexity index is 165. The van der Waals surface area contributed by atoms with E-state index in [1.54, 1.807) is 5.57 Å². The van der Waals surface area contributed by atoms with Gasteiger partial charge in [0.25, 0.3) is 0 Å². The molecule has 15 heavy (non-hydrogen) atoms. The molecule has 88 valence electrons. The van der Waals surface area contributed by atoms with E-state index in [1.807, 2.05) is 6.08 Å². The second-order valence-corrected chi connectivity index (χ2v) is 4.29. The average molecular weight is 208 g/mol. The molecule has 0 aromatic carbocycles. The lowest BCUT2D eigenvalue weighted by Crippen LogP contribution is -1.86. The van der Waals surface area contributed by atoms with Gasteiger partial charge in [0.15, 0.2) is 0 Å². The summed E-state index contributed by atoms with van der Waals surface area (Å²) in [5.74, 6) is 0. The Morgan fingerprint density at radius 2 is 1.60 bits per heavy atom. The van der Waals surface area contributed by atoms with Crippen LogP contribution < -0.4 is 0 Å². The third-order valence-electron chi connectivity index (χ3n) is 2.75. The van der Waals surface area contributed by atoms with Crippen LogP contribution in [0.15, 0.2) is 24.3 Å². The van der Waals surface area contributed by atoms with Crippen molar-refractivity contribution < 1.29 is 0 Å². The Morgan fingerprint density at radius 1 is 0.933 bits per heavy atom. The number of unbranched alkanes of at least 4 members (excludes halogenated alkanes) is 4. The molecule has 0 aliphatic carbocycles. The molecule has 0 aromatic rings. The van der Waals surface area contributed by atoms with Crippen molar-refractivity contribution >= 4 is 0 Å². The maximum atomic E-state index is 3.78. The maximum absolute atomic E-state index is 3.78. The summed E-state index contributed by atoms with van der Waals surface area (Å²) in [5, 5.41) is 0. The molecular weight excluding hydrogens is 180 g/mol. The number of allylic oxidation sites excluding steroid dienone is 3. The van der Waals surface area contributed by atoms with Gasteiger partial charge in [-0.25, -0.2) is 0 Å². The fourth-order valence-corrected chi connectivity index (χ4v) is 1.72. The van der Waals surface area contributed by atoms with E-state index in [4.69, 9.17) is 0 Å². The van der Waals surface area contributed by atoms with E-state index >= 15 is 0 Å². The maximum Gasteiger partial charge on any atom is -0.0317 e. The largest absolute Gasteiger partial charge is 0.103 e. The van der Waals surface area contributed by atoms with Crippen LogP contribution in [0.3, 0.4) is 0 Å². The highest BCUT2D eigenvalue weighted by Gasteiger charge is 1.96. The molecule has 0 rings (SSSR count). The fraction of sp³-hybridized carbons (Fsp3) is 0.733. The SMILES string of the molecule is C=CCCC/C(=C/CCCC)CCCC. The van der Waals surface area contributed by atoms with Crippen LogP contribution in [0.4, 0.5) is 0 Å². The van der Waals surface area contributed by atoms with Crippen LogP contribution in [-0.4, -0.2) is 0 Å². The molecule has 0 bridgehead atoms. The second-order valence-electron chi connectivity index (χ2n) is 4.29. The van der Waals surface area contributed by atoms with Gasteiger partial charge >= 0.3 is 0 Å². The first-order valence-corrected chi connectivity index (χ1v) is 6.63. The van der Waals surface area contributed by atoms with Gasteiger partial charge in [0.1, 0.15) is 0 Å². The molecule has 0 saturated carbocycles. The van der Waals surface area contributed by atoms with Crippen LogP contribution in [0.25, 0.3) is 0 Å². The topological polar surface area (TPSA) is 0 Å². The quantitative estimate of drug-likeness (QED) is 0.321. The lowest BCUT2D eigenvalue weighted by atomic mass is 10.0. The van der Waals surface area contributed by atoms with Gasteiger partial charge in [-0.1, -0.05) is 50.8 Å². The minimum Gasteiger partial charge on any atom is -0.103 e. The molecule has 0 N–H and O–H groups in total. The van der Waals surface area contributed by atoms with Crippen LogP contribution >= 0.6 is 0 Å². The zero-order valence-electron chi connectivity index (χ0n) is 10.7. The highest BCUT2D eigenvalue weighted by molar-refractivity contribution is 5.02. The van der Waals surface area contributed by atoms with Crippen molar-refractivity contribution in [1.29, 1.82) is 0 Å². The molecule has 0 nitrogen and oxygen atoms in total. The van der Waals surface area contributed by atoms with Gasteiger partial charge in [-0.2, -0.15) is 0 Å². The van der Waals surface area contributed by atoms with E-state index in [-0.39, 0.29) is 0 Å². The average Bonchev–Trinajstić information content (AvgIpc) is 2.25. The van der Waals surface area contributed by atoms with E-state index in [1.165, 1.54) is 51.4 Å². The first-order chi connectivity index (χ1) is 7.35. The molecule has 0 fully saturated rings. The van der Waals surface area contributed by atoms with Crippen molar-refractivity contribution in [1.82, 2.24) is 0 Å². The lowest BCUT2D eigenvalue weighted by molar-refractivity contribution is 0.714. The summed E-state index contributed by atoms with van der Waals surface area (Å²) >= 11 is 0. The summed E-state index contributed by atoms with van der Waals surface area (Å²) in [7, 11) is 0. The van der Waals surface area contributed by atoms with E-state index in [2.05, 4.69) is 26.5 Å². The van der Waals surface area contributed by atoms with Gasteiger partial charge in [0.2, 0.25) is 0 Å². The standard InChI is InChI=1S/C15H28/c1-4-7-10-13-15(12-9-6-3)14-11-8-5-2/h4,14H,1,5-13H2,2-3H3/b15-14+. The summed E-state index contributed by atoms with van der Waals surface area (Å²) in [6, 6.07) is 0. The van der Waals surface area contributed by atoms with Crippen molar-refractivity contribution in [2.45, 2.75) is 71.6 Å². The van der Waals surface area contributed by atoms with Crippen LogP contribution in [0, 0.1) is 0 Å². The smallest absolute Gasteiger partial charge is 0.0317 e. The van der Waals surface area contributed by atoms with Crippen LogP contribution in [-0.2, 0) is 0 Å². The molecule has 0 aliphatic heterocycles. The molecule has 0 spiro atoms. The Kier molecular flexibility index (Phi) is 11.2. The van der Waals surface area contributed by atoms with Crippen molar-refractivity contribution in [2.75, 3.05) is 0 Å². The molecule has 0 aliphatic rings. The predicted octanol–water partition coefficient (Wildman–Crippen LogP) is 5.65. The van der Waals surface area contributed by atoms with Gasteiger partial charge in [-0.05, 0) is 38.5 Å². The molecule has 0 aromatic heterocycles. The minimum absolute atomic E-state index is 1.16. The highest BCUT2D eigenvalue weighted by Crippen LogP contribution is 2.16. The van der Waals surface area contributed by atoms with Crippen molar-refractivity contribution in [3.05, 3.63) is 24.3 Å². The van der Waals surface area contributed by atoms with E-state index in [0.29, 0.717) is 0 Å². The normalized spacial score (nSPS) is 11.7. The molecule has 0 unspecified atom stereocenters. The van der Waals surface area contributed by atoms with E-state index in [9.17, 15) is 0 Å². The van der Waals surface area contributed by atoms with Gasteiger partial charge in [-0.15, -0.1) is 6.58 Å². The first kappa shape index (κ1) is 14.5. The number of rotatable bonds is 10.